The maximum Gasteiger partial charge on any atom is 0.310 e. The third-order valence-corrected chi connectivity index (χ3v) is 8.66. The number of carbonyl (C=O) groups is 1. The average Bonchev–Trinajstić information content (AvgIpc) is 3.58. The van der Waals surface area contributed by atoms with Crippen molar-refractivity contribution in [3.63, 3.8) is 0 Å². The highest BCUT2D eigenvalue weighted by atomic mass is 16.7. The van der Waals surface area contributed by atoms with Crippen LogP contribution in [0.15, 0.2) is 60.7 Å². The summed E-state index contributed by atoms with van der Waals surface area (Å²) in [5, 5.41) is 5.12. The summed E-state index contributed by atoms with van der Waals surface area (Å²) in [6.45, 7) is 0.553. The van der Waals surface area contributed by atoms with Crippen molar-refractivity contribution in [3.05, 3.63) is 71.8 Å². The Balaban J connectivity index is 1.30. The Labute approximate surface area is 186 Å². The van der Waals surface area contributed by atoms with Crippen molar-refractivity contribution in [1.82, 2.24) is 0 Å². The first kappa shape index (κ1) is 17.8. The van der Waals surface area contributed by atoms with Gasteiger partial charge >= 0.3 is 5.97 Å². The molecule has 32 heavy (non-hydrogen) atoms. The van der Waals surface area contributed by atoms with E-state index in [4.69, 9.17) is 14.2 Å². The normalized spacial score (nSPS) is 38.0. The van der Waals surface area contributed by atoms with E-state index in [1.807, 2.05) is 0 Å². The van der Waals surface area contributed by atoms with Crippen molar-refractivity contribution in [2.45, 2.75) is 43.2 Å². The number of carbonyl (C=O) groups excluding carboxylic acids is 1. The third-order valence-electron chi connectivity index (χ3n) is 8.66. The number of hydrogen-bond donors (Lipinski definition) is 0. The van der Waals surface area contributed by atoms with Crippen molar-refractivity contribution in [1.29, 1.82) is 0 Å². The van der Waals surface area contributed by atoms with Gasteiger partial charge in [-0.25, -0.2) is 0 Å². The van der Waals surface area contributed by atoms with Gasteiger partial charge in [-0.1, -0.05) is 60.7 Å². The van der Waals surface area contributed by atoms with Gasteiger partial charge < -0.3 is 14.2 Å². The molecular weight excluding hydrogens is 400 g/mol. The van der Waals surface area contributed by atoms with Crippen LogP contribution in [0.2, 0.25) is 0 Å². The fourth-order valence-electron chi connectivity index (χ4n) is 7.43. The molecule has 160 valence electrons. The molecule has 2 saturated heterocycles. The highest BCUT2D eigenvalue weighted by Gasteiger charge is 2.57. The molecule has 0 radical (unpaired) electrons. The molecule has 0 amide bonds. The quantitative estimate of drug-likeness (QED) is 0.328. The van der Waals surface area contributed by atoms with Crippen LogP contribution in [0.5, 0.6) is 0 Å². The first-order valence-corrected chi connectivity index (χ1v) is 11.9. The summed E-state index contributed by atoms with van der Waals surface area (Å²) in [6, 6.07) is 17.3. The Morgan fingerprint density at radius 1 is 0.844 bits per heavy atom. The molecule has 0 aromatic heterocycles. The van der Waals surface area contributed by atoms with E-state index in [0.717, 1.165) is 12.8 Å². The van der Waals surface area contributed by atoms with Gasteiger partial charge in [0.15, 0.2) is 12.4 Å². The van der Waals surface area contributed by atoms with Gasteiger partial charge in [0, 0.05) is 11.8 Å². The molecule has 4 unspecified atom stereocenters. The van der Waals surface area contributed by atoms with Gasteiger partial charge in [-0.05, 0) is 57.3 Å². The van der Waals surface area contributed by atoms with Crippen molar-refractivity contribution < 1.29 is 19.0 Å². The van der Waals surface area contributed by atoms with Crippen molar-refractivity contribution in [2.75, 3.05) is 6.61 Å². The summed E-state index contributed by atoms with van der Waals surface area (Å²) in [5.74, 6) is 0.980. The van der Waals surface area contributed by atoms with Gasteiger partial charge in [-0.15, -0.1) is 0 Å². The molecule has 3 aromatic rings. The van der Waals surface area contributed by atoms with Gasteiger partial charge in [0.05, 0.1) is 18.6 Å². The van der Waals surface area contributed by atoms with Crippen molar-refractivity contribution in [3.8, 4) is 0 Å². The van der Waals surface area contributed by atoms with E-state index in [1.165, 1.54) is 32.7 Å². The number of benzene rings is 3. The van der Waals surface area contributed by atoms with Crippen LogP contribution in [0.1, 0.15) is 35.8 Å². The first-order chi connectivity index (χ1) is 15.8. The first-order valence-electron chi connectivity index (χ1n) is 11.9. The van der Waals surface area contributed by atoms with E-state index in [-0.39, 0.29) is 29.8 Å². The largest absolute Gasteiger partial charge is 0.456 e. The minimum Gasteiger partial charge on any atom is -0.456 e. The smallest absolute Gasteiger partial charge is 0.310 e. The van der Waals surface area contributed by atoms with Crippen LogP contribution in [0.25, 0.3) is 21.5 Å². The molecule has 0 N–H and O–H groups in total. The number of esters is 1. The van der Waals surface area contributed by atoms with Crippen LogP contribution in [0, 0.1) is 17.8 Å². The number of ether oxygens (including phenoxy) is 3. The Hall–Kier alpha value is -2.69. The number of allylic oxidation sites excluding steroid dienone is 2. The van der Waals surface area contributed by atoms with E-state index in [0.29, 0.717) is 18.4 Å². The monoisotopic (exact) mass is 424 g/mol. The fourth-order valence-corrected chi connectivity index (χ4v) is 7.43. The molecule has 4 nitrogen and oxygen atoms in total. The molecule has 8 atom stereocenters. The lowest BCUT2D eigenvalue weighted by Crippen LogP contribution is -2.48. The topological polar surface area (TPSA) is 44.8 Å². The molecule has 2 aliphatic heterocycles. The molecule has 6 aliphatic rings. The van der Waals surface area contributed by atoms with E-state index >= 15 is 0 Å². The Morgan fingerprint density at radius 3 is 2.09 bits per heavy atom. The Kier molecular flexibility index (Phi) is 3.46. The summed E-state index contributed by atoms with van der Waals surface area (Å²) in [4.78, 5) is 13.4. The zero-order chi connectivity index (χ0) is 21.0. The standard InChI is InChI=1S/C28H24O4/c29-27(20-12-14-9-10-15(20)11-14)32-26-25-23-18-7-3-1-5-16(18)22(17-6-2-4-8-19(17)23)24(25)21-13-30-28(26)31-21/h1-10,14-15,20-21,24-26,28H,11-13H2/t14-,15+,20-,21?,24?,25?,26+,28?/m0/s1. The Bertz CT molecular complexity index is 1270. The summed E-state index contributed by atoms with van der Waals surface area (Å²) in [7, 11) is 0. The molecule has 0 spiro atoms. The van der Waals surface area contributed by atoms with Crippen LogP contribution in [-0.2, 0) is 19.0 Å². The molecule has 9 rings (SSSR count). The molecule has 4 aliphatic carbocycles. The third kappa shape index (κ3) is 2.17. The van der Waals surface area contributed by atoms with E-state index in [9.17, 15) is 4.79 Å². The maximum atomic E-state index is 13.4. The van der Waals surface area contributed by atoms with Gasteiger partial charge in [0.25, 0.3) is 0 Å². The minimum absolute atomic E-state index is 0.00269. The number of rotatable bonds is 2. The van der Waals surface area contributed by atoms with E-state index < -0.39 is 12.4 Å². The average molecular weight is 424 g/mol. The molecule has 6 bridgehead atoms. The highest BCUT2D eigenvalue weighted by molar-refractivity contribution is 6.09. The van der Waals surface area contributed by atoms with Crippen LogP contribution in [0.3, 0.4) is 0 Å². The number of fused-ring (bicyclic) bond motifs is 4. The second-order valence-electron chi connectivity index (χ2n) is 10.1. The van der Waals surface area contributed by atoms with Gasteiger partial charge in [0.2, 0.25) is 0 Å². The molecule has 2 heterocycles. The van der Waals surface area contributed by atoms with Crippen molar-refractivity contribution in [2.24, 2.45) is 17.8 Å². The predicted octanol–water partition coefficient (Wildman–Crippen LogP) is 5.05. The fraction of sp³-hybridized carbons (Fsp3) is 0.393. The molecule has 1 saturated carbocycles. The molecule has 4 heteroatoms. The van der Waals surface area contributed by atoms with E-state index in [1.54, 1.807) is 0 Å². The summed E-state index contributed by atoms with van der Waals surface area (Å²) < 4.78 is 18.8. The predicted molar refractivity (Wildman–Crippen MR) is 120 cm³/mol. The van der Waals surface area contributed by atoms with Gasteiger partial charge in [0.1, 0.15) is 0 Å². The lowest BCUT2D eigenvalue weighted by Gasteiger charge is -2.46. The molecule has 3 fully saturated rings. The lowest BCUT2D eigenvalue weighted by molar-refractivity contribution is -0.200. The van der Waals surface area contributed by atoms with E-state index in [2.05, 4.69) is 60.7 Å². The number of hydrogen-bond acceptors (Lipinski definition) is 4. The van der Waals surface area contributed by atoms with Gasteiger partial charge in [-0.2, -0.15) is 0 Å². The lowest BCUT2D eigenvalue weighted by atomic mass is 9.64. The zero-order valence-electron chi connectivity index (χ0n) is 17.6. The SMILES string of the molecule is O=C(O[C@H]1C2OCC(O2)C2c3c4ccccc4c(c4ccccc34)C21)[C@H]1C[C@H]2C=C[C@@H]1C2. The molecular formula is C28H24O4. The minimum atomic E-state index is -0.480. The summed E-state index contributed by atoms with van der Waals surface area (Å²) >= 11 is 0. The van der Waals surface area contributed by atoms with Crippen LogP contribution in [-0.4, -0.2) is 31.1 Å². The highest BCUT2D eigenvalue weighted by Crippen LogP contribution is 2.59. The van der Waals surface area contributed by atoms with Gasteiger partial charge in [-0.3, -0.25) is 4.79 Å². The second-order valence-corrected chi connectivity index (χ2v) is 10.1. The zero-order valence-corrected chi connectivity index (χ0v) is 17.6. The molecule has 3 aromatic carbocycles. The van der Waals surface area contributed by atoms with Crippen LogP contribution in [0.4, 0.5) is 0 Å². The summed E-state index contributed by atoms with van der Waals surface area (Å²) in [5.41, 5.74) is 2.62. The van der Waals surface area contributed by atoms with Crippen molar-refractivity contribution >= 4 is 27.5 Å². The van der Waals surface area contributed by atoms with Crippen LogP contribution < -0.4 is 0 Å². The second kappa shape index (κ2) is 6.21. The van der Waals surface area contributed by atoms with Crippen LogP contribution >= 0.6 is 0 Å². The maximum absolute atomic E-state index is 13.4. The summed E-state index contributed by atoms with van der Waals surface area (Å²) in [6.07, 6.45) is 5.58. The Morgan fingerprint density at radius 2 is 1.50 bits per heavy atom.